The van der Waals surface area contributed by atoms with Crippen molar-refractivity contribution in [2.24, 2.45) is 5.73 Å². The summed E-state index contributed by atoms with van der Waals surface area (Å²) in [6, 6.07) is 8.47. The first-order chi connectivity index (χ1) is 7.40. The summed E-state index contributed by atoms with van der Waals surface area (Å²) in [5.74, 6) is 2.50. The van der Waals surface area contributed by atoms with E-state index in [1.807, 2.05) is 0 Å². The van der Waals surface area contributed by atoms with Crippen LogP contribution in [0.25, 0.3) is 0 Å². The van der Waals surface area contributed by atoms with Gasteiger partial charge in [-0.15, -0.1) is 6.42 Å². The highest BCUT2D eigenvalue weighted by Gasteiger charge is 2.20. The van der Waals surface area contributed by atoms with Crippen molar-refractivity contribution in [1.29, 1.82) is 0 Å². The summed E-state index contributed by atoms with van der Waals surface area (Å²) in [4.78, 5) is 0. The third-order valence-corrected chi connectivity index (χ3v) is 2.42. The average molecular weight is 203 g/mol. The van der Waals surface area contributed by atoms with Crippen molar-refractivity contribution in [1.82, 2.24) is 0 Å². The monoisotopic (exact) mass is 203 g/mol. The van der Waals surface area contributed by atoms with Crippen LogP contribution in [0.4, 0.5) is 0 Å². The predicted molar refractivity (Wildman–Crippen MR) is 62.5 cm³/mol. The van der Waals surface area contributed by atoms with Gasteiger partial charge >= 0.3 is 0 Å². The van der Waals surface area contributed by atoms with Crippen molar-refractivity contribution in [3.63, 3.8) is 0 Å². The Balaban J connectivity index is 0.000000531. The van der Waals surface area contributed by atoms with E-state index < -0.39 is 0 Å². The smallest absolute Gasteiger partial charge is 0.107 e. The van der Waals surface area contributed by atoms with Crippen LogP contribution in [0.5, 0.6) is 0 Å². The van der Waals surface area contributed by atoms with Crippen molar-refractivity contribution < 1.29 is 4.74 Å². The molecule has 0 radical (unpaired) electrons. The van der Waals surface area contributed by atoms with Gasteiger partial charge in [0, 0.05) is 0 Å². The maximum Gasteiger partial charge on any atom is 0.107 e. The molecule has 1 aliphatic carbocycles. The lowest BCUT2D eigenvalue weighted by Gasteiger charge is -2.06. The second kappa shape index (κ2) is 6.23. The first-order valence-corrected chi connectivity index (χ1v) is 5.09. The molecule has 80 valence electrons. The molecule has 15 heavy (non-hydrogen) atoms. The molecule has 2 heteroatoms. The predicted octanol–water partition coefficient (Wildman–Crippen LogP) is 1.38. The highest BCUT2D eigenvalue weighted by Crippen LogP contribution is 2.23. The number of fused-ring (bicyclic) bond motifs is 1. The van der Waals surface area contributed by atoms with E-state index in [1.54, 1.807) is 0 Å². The lowest BCUT2D eigenvalue weighted by atomic mass is 10.1. The second-order valence-electron chi connectivity index (χ2n) is 3.31. The van der Waals surface area contributed by atoms with Gasteiger partial charge < -0.3 is 10.5 Å². The molecule has 0 bridgehead atoms. The van der Waals surface area contributed by atoms with Crippen molar-refractivity contribution in [3.05, 3.63) is 35.4 Å². The van der Waals surface area contributed by atoms with Crippen LogP contribution < -0.4 is 5.73 Å². The van der Waals surface area contributed by atoms with Crippen LogP contribution in [0, 0.1) is 12.3 Å². The summed E-state index contributed by atoms with van der Waals surface area (Å²) in [7, 11) is 1.50. The average Bonchev–Trinajstić information content (AvgIpc) is 2.71. The molecule has 0 saturated carbocycles. The maximum absolute atomic E-state index is 5.50. The van der Waals surface area contributed by atoms with Gasteiger partial charge in [-0.3, -0.25) is 0 Å². The Labute approximate surface area is 91.4 Å². The zero-order valence-corrected chi connectivity index (χ0v) is 9.07. The molecule has 0 aliphatic heterocycles. The van der Waals surface area contributed by atoms with Gasteiger partial charge in [0.25, 0.3) is 0 Å². The lowest BCUT2D eigenvalue weighted by molar-refractivity contribution is 0.0864. The maximum atomic E-state index is 5.50. The largest absolute Gasteiger partial charge is 0.365 e. The molecule has 0 unspecified atom stereocenters. The number of rotatable bonds is 2. The van der Waals surface area contributed by atoms with E-state index in [-0.39, 0.29) is 0 Å². The van der Waals surface area contributed by atoms with E-state index >= 15 is 0 Å². The SMILES string of the molecule is C#CCOC1Cc2ccccc2C1.CN. The van der Waals surface area contributed by atoms with E-state index in [0.29, 0.717) is 12.7 Å². The summed E-state index contributed by atoms with van der Waals surface area (Å²) in [5, 5.41) is 0. The van der Waals surface area contributed by atoms with Gasteiger partial charge in [-0.25, -0.2) is 0 Å². The molecule has 1 aliphatic rings. The van der Waals surface area contributed by atoms with Gasteiger partial charge in [-0.1, -0.05) is 30.2 Å². The fourth-order valence-corrected chi connectivity index (χ4v) is 1.80. The van der Waals surface area contributed by atoms with E-state index in [1.165, 1.54) is 18.2 Å². The molecule has 0 heterocycles. The summed E-state index contributed by atoms with van der Waals surface area (Å²) in [6.45, 7) is 0.429. The number of ether oxygens (including phenoxy) is 1. The van der Waals surface area contributed by atoms with Gasteiger partial charge in [0.15, 0.2) is 0 Å². The summed E-state index contributed by atoms with van der Waals surface area (Å²) < 4.78 is 5.50. The molecule has 2 rings (SSSR count). The zero-order valence-electron chi connectivity index (χ0n) is 9.07. The third kappa shape index (κ3) is 3.09. The first kappa shape index (κ1) is 11.8. The van der Waals surface area contributed by atoms with Crippen molar-refractivity contribution in [2.45, 2.75) is 18.9 Å². The molecule has 0 spiro atoms. The molecular formula is C13H17NO. The van der Waals surface area contributed by atoms with Crippen LogP contribution in [0.2, 0.25) is 0 Å². The Morgan fingerprint density at radius 3 is 2.33 bits per heavy atom. The third-order valence-electron chi connectivity index (χ3n) is 2.42. The van der Waals surface area contributed by atoms with E-state index in [2.05, 4.69) is 35.9 Å². The van der Waals surface area contributed by atoms with Crippen LogP contribution in [-0.4, -0.2) is 19.8 Å². The molecule has 0 amide bonds. The topological polar surface area (TPSA) is 35.2 Å². The molecule has 0 fully saturated rings. The Kier molecular flexibility index (Phi) is 4.89. The molecule has 0 aromatic heterocycles. The van der Waals surface area contributed by atoms with Crippen LogP contribution in [0.3, 0.4) is 0 Å². The van der Waals surface area contributed by atoms with Gasteiger partial charge in [0.05, 0.1) is 6.10 Å². The Morgan fingerprint density at radius 1 is 1.33 bits per heavy atom. The van der Waals surface area contributed by atoms with Gasteiger partial charge in [0.1, 0.15) is 6.61 Å². The first-order valence-electron chi connectivity index (χ1n) is 5.09. The molecule has 0 atom stereocenters. The molecule has 1 aromatic carbocycles. The van der Waals surface area contributed by atoms with Crippen LogP contribution in [0.15, 0.2) is 24.3 Å². The van der Waals surface area contributed by atoms with Crippen molar-refractivity contribution >= 4 is 0 Å². The Hall–Kier alpha value is -1.30. The fraction of sp³-hybridized carbons (Fsp3) is 0.385. The minimum atomic E-state index is 0.299. The highest BCUT2D eigenvalue weighted by molar-refractivity contribution is 5.32. The highest BCUT2D eigenvalue weighted by atomic mass is 16.5. The Morgan fingerprint density at radius 2 is 1.87 bits per heavy atom. The lowest BCUT2D eigenvalue weighted by Crippen LogP contribution is -2.12. The molecule has 2 nitrogen and oxygen atoms in total. The van der Waals surface area contributed by atoms with Crippen LogP contribution >= 0.6 is 0 Å². The van der Waals surface area contributed by atoms with E-state index in [4.69, 9.17) is 11.2 Å². The minimum absolute atomic E-state index is 0.299. The number of terminal acetylenes is 1. The van der Waals surface area contributed by atoms with Crippen molar-refractivity contribution in [3.8, 4) is 12.3 Å². The molecule has 2 N–H and O–H groups in total. The Bertz CT molecular complexity index is 316. The molecule has 1 aromatic rings. The number of hydrogen-bond donors (Lipinski definition) is 1. The normalized spacial score (nSPS) is 13.7. The molecule has 0 saturated heterocycles. The van der Waals surface area contributed by atoms with E-state index in [0.717, 1.165) is 12.8 Å². The summed E-state index contributed by atoms with van der Waals surface area (Å²) >= 11 is 0. The summed E-state index contributed by atoms with van der Waals surface area (Å²) in [6.07, 6.45) is 7.46. The fourth-order valence-electron chi connectivity index (χ4n) is 1.80. The van der Waals surface area contributed by atoms with Gasteiger partial charge in [-0.2, -0.15) is 0 Å². The van der Waals surface area contributed by atoms with Gasteiger partial charge in [0.2, 0.25) is 0 Å². The van der Waals surface area contributed by atoms with Crippen LogP contribution in [-0.2, 0) is 17.6 Å². The van der Waals surface area contributed by atoms with Gasteiger partial charge in [-0.05, 0) is 31.0 Å². The van der Waals surface area contributed by atoms with E-state index in [9.17, 15) is 0 Å². The minimum Gasteiger partial charge on any atom is -0.365 e. The number of hydrogen-bond acceptors (Lipinski definition) is 2. The second-order valence-corrected chi connectivity index (χ2v) is 3.31. The molecular weight excluding hydrogens is 186 g/mol. The standard InChI is InChI=1S/C12H12O.CH5N/c1-2-7-13-12-8-10-5-3-4-6-11(10)9-12;1-2/h1,3-6,12H,7-9H2;2H2,1H3. The number of nitrogens with two attached hydrogens (primary N) is 1. The van der Waals surface area contributed by atoms with Crippen molar-refractivity contribution in [2.75, 3.05) is 13.7 Å². The quantitative estimate of drug-likeness (QED) is 0.737. The zero-order chi connectivity index (χ0) is 11.1. The number of benzene rings is 1. The summed E-state index contributed by atoms with van der Waals surface area (Å²) in [5.41, 5.74) is 7.31. The van der Waals surface area contributed by atoms with Crippen LogP contribution in [0.1, 0.15) is 11.1 Å².